The van der Waals surface area contributed by atoms with Crippen LogP contribution in [0.2, 0.25) is 10.0 Å². The van der Waals surface area contributed by atoms with Gasteiger partial charge in [-0.25, -0.2) is 4.39 Å². The normalized spacial score (nSPS) is 20.6. The Hall–Kier alpha value is -3.79. The SMILES string of the molecule is CC[C@@](O)(c1cc(F)c2c(c1)C(=O)N([C@H](c1ccc(Cl)cc1)[C@H](C)C(=O)Oc1ccccc1)C2(O)c1ccc(Cl)cc1)C1CCOCC1. The zero-order valence-electron chi connectivity index (χ0n) is 26.5. The molecule has 4 atom stereocenters. The molecule has 0 aliphatic carbocycles. The first-order chi connectivity index (χ1) is 23.0. The van der Waals surface area contributed by atoms with Crippen LogP contribution >= 0.6 is 23.2 Å². The summed E-state index contributed by atoms with van der Waals surface area (Å²) in [7, 11) is 0. The Morgan fingerprint density at radius 2 is 1.62 bits per heavy atom. The fraction of sp³-hybridized carbons (Fsp3) is 0.316. The van der Waals surface area contributed by atoms with E-state index in [1.54, 1.807) is 61.5 Å². The van der Waals surface area contributed by atoms with Crippen molar-refractivity contribution in [2.24, 2.45) is 11.8 Å². The van der Waals surface area contributed by atoms with Crippen LogP contribution in [0.1, 0.15) is 71.8 Å². The molecule has 7 nitrogen and oxygen atoms in total. The van der Waals surface area contributed by atoms with E-state index >= 15 is 4.39 Å². The molecular weight excluding hydrogens is 656 g/mol. The molecule has 1 amide bonds. The third-order valence-corrected chi connectivity index (χ3v) is 10.2. The molecule has 1 saturated heterocycles. The second-order valence-electron chi connectivity index (χ2n) is 12.4. The molecule has 0 aromatic heterocycles. The molecular formula is C38H36Cl2FNO6. The predicted molar refractivity (Wildman–Crippen MR) is 180 cm³/mol. The van der Waals surface area contributed by atoms with Gasteiger partial charge in [-0.15, -0.1) is 0 Å². The number of fused-ring (bicyclic) bond motifs is 1. The topological polar surface area (TPSA) is 96.3 Å². The number of para-hydroxylation sites is 1. The van der Waals surface area contributed by atoms with Crippen molar-refractivity contribution < 1.29 is 33.7 Å². The summed E-state index contributed by atoms with van der Waals surface area (Å²) in [4.78, 5) is 29.7. The van der Waals surface area contributed by atoms with Gasteiger partial charge >= 0.3 is 5.97 Å². The summed E-state index contributed by atoms with van der Waals surface area (Å²) in [6.45, 7) is 4.33. The van der Waals surface area contributed by atoms with Crippen LogP contribution in [0, 0.1) is 17.7 Å². The van der Waals surface area contributed by atoms with Crippen molar-refractivity contribution in [1.29, 1.82) is 0 Å². The first kappa shape index (κ1) is 34.1. The van der Waals surface area contributed by atoms with E-state index in [1.165, 1.54) is 36.4 Å². The Morgan fingerprint density at radius 1 is 1.02 bits per heavy atom. The van der Waals surface area contributed by atoms with Crippen LogP contribution in [-0.2, 0) is 20.9 Å². The number of carbonyl (C=O) groups excluding carboxylic acids is 2. The molecule has 0 saturated carbocycles. The number of nitrogens with zero attached hydrogens (tertiary/aromatic N) is 1. The van der Waals surface area contributed by atoms with Crippen molar-refractivity contribution in [3.8, 4) is 5.75 Å². The number of hydrogen-bond acceptors (Lipinski definition) is 6. The molecule has 2 N–H and O–H groups in total. The molecule has 4 aromatic carbocycles. The number of halogens is 3. The summed E-state index contributed by atoms with van der Waals surface area (Å²) in [6, 6.07) is 22.7. The van der Waals surface area contributed by atoms with Gasteiger partial charge in [0, 0.05) is 28.8 Å². The summed E-state index contributed by atoms with van der Waals surface area (Å²) in [6.07, 6.45) is 1.40. The molecule has 1 unspecified atom stereocenters. The highest BCUT2D eigenvalue weighted by molar-refractivity contribution is 6.30. The molecule has 0 spiro atoms. The fourth-order valence-electron chi connectivity index (χ4n) is 7.12. The summed E-state index contributed by atoms with van der Waals surface area (Å²) in [5.74, 6) is -3.27. The molecule has 1 fully saturated rings. The van der Waals surface area contributed by atoms with E-state index < -0.39 is 41.0 Å². The van der Waals surface area contributed by atoms with E-state index in [0.717, 1.165) is 4.90 Å². The van der Waals surface area contributed by atoms with Crippen LogP contribution in [-0.4, -0.2) is 40.2 Å². The number of benzene rings is 4. The van der Waals surface area contributed by atoms with Gasteiger partial charge in [0.15, 0.2) is 5.72 Å². The van der Waals surface area contributed by atoms with Crippen LogP contribution in [0.4, 0.5) is 4.39 Å². The van der Waals surface area contributed by atoms with Crippen LogP contribution in [0.25, 0.3) is 0 Å². The van der Waals surface area contributed by atoms with E-state index in [-0.39, 0.29) is 34.6 Å². The summed E-state index contributed by atoms with van der Waals surface area (Å²) in [5.41, 5.74) is -3.40. The lowest BCUT2D eigenvalue weighted by molar-refractivity contribution is -0.144. The van der Waals surface area contributed by atoms with Crippen LogP contribution in [0.15, 0.2) is 91.0 Å². The molecule has 2 aliphatic heterocycles. The minimum atomic E-state index is -2.39. The predicted octanol–water partition coefficient (Wildman–Crippen LogP) is 7.79. The van der Waals surface area contributed by atoms with Gasteiger partial charge < -0.3 is 19.7 Å². The zero-order valence-corrected chi connectivity index (χ0v) is 28.0. The van der Waals surface area contributed by atoms with Gasteiger partial charge in [-0.1, -0.05) is 72.6 Å². The van der Waals surface area contributed by atoms with Crippen molar-refractivity contribution in [1.82, 2.24) is 4.90 Å². The fourth-order valence-corrected chi connectivity index (χ4v) is 7.37. The van der Waals surface area contributed by atoms with E-state index in [9.17, 15) is 19.8 Å². The Kier molecular flexibility index (Phi) is 9.67. The van der Waals surface area contributed by atoms with Gasteiger partial charge in [0.25, 0.3) is 5.91 Å². The van der Waals surface area contributed by atoms with Crippen molar-refractivity contribution in [3.63, 3.8) is 0 Å². The smallest absolute Gasteiger partial charge is 0.316 e. The Bertz CT molecular complexity index is 1800. The van der Waals surface area contributed by atoms with E-state index in [4.69, 9.17) is 32.7 Å². The van der Waals surface area contributed by atoms with E-state index in [2.05, 4.69) is 0 Å². The van der Waals surface area contributed by atoms with Crippen LogP contribution in [0.3, 0.4) is 0 Å². The Morgan fingerprint density at radius 3 is 2.23 bits per heavy atom. The maximum Gasteiger partial charge on any atom is 0.316 e. The monoisotopic (exact) mass is 691 g/mol. The average Bonchev–Trinajstić information content (AvgIpc) is 3.33. The standard InChI is InChI=1S/C38H36Cl2FNO6/c1-3-37(45,25-17-19-47-20-18-25)27-21-31-33(32(41)22-27)38(46,26-11-15-29(40)16-12-26)42(35(31)43)34(24-9-13-28(39)14-10-24)23(2)36(44)48-30-7-5-4-6-8-30/h4-16,21-23,25,34,45-46H,3,17-20H2,1-2H3/t23-,34-,37-,38?/m0/s1. The van der Waals surface area contributed by atoms with Gasteiger partial charge in [-0.05, 0) is 91.8 Å². The van der Waals surface area contributed by atoms with E-state index in [0.29, 0.717) is 47.4 Å². The quantitative estimate of drug-likeness (QED) is 0.137. The van der Waals surface area contributed by atoms with Crippen molar-refractivity contribution in [3.05, 3.63) is 135 Å². The molecule has 6 rings (SSSR count). The van der Waals surface area contributed by atoms with E-state index in [1.807, 2.05) is 6.92 Å². The van der Waals surface area contributed by atoms with Gasteiger partial charge in [-0.3, -0.25) is 14.5 Å². The lowest BCUT2D eigenvalue weighted by Crippen LogP contribution is -2.50. The van der Waals surface area contributed by atoms with Crippen LogP contribution in [0.5, 0.6) is 5.75 Å². The maximum atomic E-state index is 16.7. The second-order valence-corrected chi connectivity index (χ2v) is 13.3. The lowest BCUT2D eigenvalue weighted by Gasteiger charge is -2.42. The summed E-state index contributed by atoms with van der Waals surface area (Å²) in [5, 5.41) is 25.7. The lowest BCUT2D eigenvalue weighted by atomic mass is 9.74. The Labute approximate surface area is 288 Å². The third-order valence-electron chi connectivity index (χ3n) is 9.72. The molecule has 10 heteroatoms. The second kappa shape index (κ2) is 13.6. The molecule has 0 bridgehead atoms. The summed E-state index contributed by atoms with van der Waals surface area (Å²) >= 11 is 12.5. The minimum Gasteiger partial charge on any atom is -0.426 e. The molecule has 48 heavy (non-hydrogen) atoms. The number of ether oxygens (including phenoxy) is 2. The number of aliphatic hydroxyl groups is 2. The zero-order chi connectivity index (χ0) is 34.2. The number of esters is 1. The van der Waals surface area contributed by atoms with Crippen molar-refractivity contribution in [2.45, 2.75) is 50.5 Å². The highest BCUT2D eigenvalue weighted by Crippen LogP contribution is 2.51. The van der Waals surface area contributed by atoms with Crippen molar-refractivity contribution >= 4 is 35.1 Å². The molecule has 250 valence electrons. The number of amides is 1. The number of carbonyl (C=O) groups is 2. The number of hydrogen-bond donors (Lipinski definition) is 2. The van der Waals surface area contributed by atoms with Gasteiger partial charge in [0.05, 0.1) is 28.7 Å². The third kappa shape index (κ3) is 6.01. The Balaban J connectivity index is 1.54. The first-order valence-electron chi connectivity index (χ1n) is 16.0. The van der Waals surface area contributed by atoms with Crippen molar-refractivity contribution in [2.75, 3.05) is 13.2 Å². The first-order valence-corrected chi connectivity index (χ1v) is 16.7. The van der Waals surface area contributed by atoms with Crippen LogP contribution < -0.4 is 4.74 Å². The molecule has 2 heterocycles. The maximum absolute atomic E-state index is 16.7. The summed E-state index contributed by atoms with van der Waals surface area (Å²) < 4.78 is 28.0. The largest absolute Gasteiger partial charge is 0.426 e. The molecule has 0 radical (unpaired) electrons. The minimum absolute atomic E-state index is 0.121. The highest BCUT2D eigenvalue weighted by atomic mass is 35.5. The van der Waals surface area contributed by atoms with Gasteiger partial charge in [-0.2, -0.15) is 0 Å². The van der Waals surface area contributed by atoms with Gasteiger partial charge in [0.2, 0.25) is 0 Å². The van der Waals surface area contributed by atoms with Gasteiger partial charge in [0.1, 0.15) is 11.6 Å². The molecule has 2 aliphatic rings. The number of rotatable bonds is 9. The molecule has 4 aromatic rings. The highest BCUT2D eigenvalue weighted by Gasteiger charge is 2.57. The average molecular weight is 693 g/mol.